The van der Waals surface area contributed by atoms with Crippen molar-refractivity contribution in [3.05, 3.63) is 36.0 Å². The predicted molar refractivity (Wildman–Crippen MR) is 205 cm³/mol. The van der Waals surface area contributed by atoms with Gasteiger partial charge in [-0.15, -0.1) is 0 Å². The zero-order valence-corrected chi connectivity index (χ0v) is 29.9. The fourth-order valence-corrected chi connectivity index (χ4v) is 2.93. The number of rotatable bonds is 18. The maximum Gasteiger partial charge on any atom is 0.323 e. The molecule has 0 bridgehead atoms. The number of carbonyl (C=O) groups is 5. The fraction of sp³-hybridized carbons (Fsp3) is 0.576. The summed E-state index contributed by atoms with van der Waals surface area (Å²) in [5, 5.41) is 60.3. The van der Waals surface area contributed by atoms with E-state index in [4.69, 9.17) is 102 Å². The SMILES string of the molecule is [2H][13C](C)(O)[13C@@]([2H])(N)C(=O)O.[2H][13C](N)(O)CCC[13C@]([2H])(N)C(=O)O.[2H][13C]([2H])(CC[13C@]([2H])(N)C(=O)O)N=C(N)N.[2H][13C]([2H])([2H])C(C)C[13C@]([2H])(N)C(=O)O.[2H][13c]1[nH]c2c(cc[13c]([2H])[13c]2[2H])c1C[13C@]([2H])(N)C(=O)O. The quantitative estimate of drug-likeness (QED) is 0.0324. The average molecular weight is 818 g/mol. The van der Waals surface area contributed by atoms with E-state index in [0.717, 1.165) is 6.92 Å². The Morgan fingerprint density at radius 3 is 1.73 bits per heavy atom. The minimum atomic E-state index is -2.67. The molecule has 0 spiro atoms. The van der Waals surface area contributed by atoms with Gasteiger partial charge in [0.2, 0.25) is 0 Å². The standard InChI is InChI=1S/C11H12N2O2.C6H14N4O2.C6H14N2O3.C6H13NO2.C4H9NO3/c12-9(11(14)15)5-7-6-13-10-4-2-1-3-8(7)10;7-4(5(11)12)2-1-3-10-6(8)9;7-4(6(10)11)2-1-3-5(8)9;1-4(2)3-5(7)6(8)9;1-2(6)3(5)4(7)8/h1-4,6,9,13H,5,12H2,(H,14,15);4H,1-3,7H2,(H,11,12)(H4,8,9,10);4-5,9H,1-3,7-8H2,(H,10,11);4-5H,3,7H2,1-2H3,(H,8,9);2-3,6H,5H2,1H3,(H,7,8)/t9-;4-;4-,5?;5-;2?,3-/m00001/s1/i2+1D,4+1D,6+1D,9+1D;3+1D2,4+1D;4+1D,5+1D;1+1D3,5+1D;2+1D,3+1D/t3m;4?,5-;m. The molecule has 3 unspecified atom stereocenters. The zero-order chi connectivity index (χ0) is 56.8. The van der Waals surface area contributed by atoms with Gasteiger partial charge in [-0.1, -0.05) is 32.0 Å². The summed E-state index contributed by atoms with van der Waals surface area (Å²) in [6.07, 6.45) is -6.28. The van der Waals surface area contributed by atoms with Gasteiger partial charge in [-0.3, -0.25) is 29.0 Å². The molecule has 0 aliphatic carbocycles. The lowest BCUT2D eigenvalue weighted by Gasteiger charge is -2.07. The van der Waals surface area contributed by atoms with Crippen LogP contribution in [-0.2, 0) is 30.4 Å². The number of aromatic nitrogens is 1. The molecule has 0 aliphatic heterocycles. The highest BCUT2D eigenvalue weighted by Gasteiger charge is 2.17. The third-order valence-electron chi connectivity index (χ3n) is 5.67. The van der Waals surface area contributed by atoms with Crippen molar-refractivity contribution in [2.75, 3.05) is 6.50 Å². The van der Waals surface area contributed by atoms with Crippen LogP contribution in [0.5, 0.6) is 0 Å². The number of aliphatic carboxylic acids is 5. The number of nitrogens with two attached hydrogens (primary N) is 8. The molecule has 316 valence electrons. The second-order valence-electron chi connectivity index (χ2n) is 10.6. The number of nitrogens with zero attached hydrogens (tertiary/aromatic N) is 1. The molecule has 1 aromatic heterocycles. The molecule has 0 saturated heterocycles. The van der Waals surface area contributed by atoms with Crippen LogP contribution in [0.1, 0.15) is 85.3 Å². The minimum Gasteiger partial charge on any atom is -0.480 e. The monoisotopic (exact) mass is 818 g/mol. The Hall–Kier alpha value is -4.94. The van der Waals surface area contributed by atoms with Crippen molar-refractivity contribution in [1.82, 2.24) is 4.98 Å². The van der Waals surface area contributed by atoms with E-state index in [-0.39, 0.29) is 61.4 Å². The van der Waals surface area contributed by atoms with Gasteiger partial charge < -0.3 is 86.6 Å². The van der Waals surface area contributed by atoms with E-state index in [1.165, 1.54) is 19.1 Å². The van der Waals surface area contributed by atoms with Crippen molar-refractivity contribution in [2.45, 2.75) is 108 Å². The summed E-state index contributed by atoms with van der Waals surface area (Å²) in [4.78, 5) is 58.0. The summed E-state index contributed by atoms with van der Waals surface area (Å²) in [7, 11) is 0. The van der Waals surface area contributed by atoms with Gasteiger partial charge in [0.1, 0.15) is 36.3 Å². The van der Waals surface area contributed by atoms with E-state index in [1.807, 2.05) is 0 Å². The Morgan fingerprint density at radius 2 is 1.33 bits per heavy atom. The number of guanidine groups is 1. The van der Waals surface area contributed by atoms with E-state index >= 15 is 0 Å². The molecular formula is C33H62N10O12. The lowest BCUT2D eigenvalue weighted by molar-refractivity contribution is -0.141. The Balaban J connectivity index is -0.000000816. The van der Waals surface area contributed by atoms with Crippen LogP contribution >= 0.6 is 0 Å². The number of hydrogen-bond donors (Lipinski definition) is 16. The van der Waals surface area contributed by atoms with Crippen molar-refractivity contribution >= 4 is 46.7 Å². The molecule has 24 N–H and O–H groups in total. The number of aliphatic hydroxyl groups is 2. The van der Waals surface area contributed by atoms with E-state index in [2.05, 4.69) is 9.98 Å². The molecule has 0 aliphatic rings. The summed E-state index contributed by atoms with van der Waals surface area (Å²) < 4.78 is 108. The van der Waals surface area contributed by atoms with Gasteiger partial charge in [0.15, 0.2) is 5.96 Å². The Kier molecular flexibility index (Phi) is 17.3. The molecule has 22 heteroatoms. The summed E-state index contributed by atoms with van der Waals surface area (Å²) >= 11 is 0. The van der Waals surface area contributed by atoms with Gasteiger partial charge in [0.25, 0.3) is 0 Å². The highest BCUT2D eigenvalue weighted by Crippen LogP contribution is 2.18. The van der Waals surface area contributed by atoms with E-state index in [9.17, 15) is 24.0 Å². The van der Waals surface area contributed by atoms with Gasteiger partial charge in [0.05, 0.1) is 22.5 Å². The first-order chi connectivity index (χ1) is 30.7. The molecule has 1 heterocycles. The van der Waals surface area contributed by atoms with Gasteiger partial charge >= 0.3 is 29.8 Å². The summed E-state index contributed by atoms with van der Waals surface area (Å²) in [6.45, 7) is -2.18. The number of hydrogen-bond acceptors (Lipinski definition) is 14. The van der Waals surface area contributed by atoms with Crippen LogP contribution in [0.4, 0.5) is 0 Å². The van der Waals surface area contributed by atoms with Crippen LogP contribution in [-0.4, -0.2) is 125 Å². The molecule has 0 amide bonds. The Morgan fingerprint density at radius 1 is 0.818 bits per heavy atom. The Labute approximate surface area is 340 Å². The minimum absolute atomic E-state index is 0.00317. The molecule has 2 aromatic rings. The van der Waals surface area contributed by atoms with E-state index in [1.54, 1.807) is 0 Å². The van der Waals surface area contributed by atoms with Crippen LogP contribution in [0.25, 0.3) is 10.9 Å². The number of aliphatic imine (C=N–C) groups is 1. The first-order valence-electron chi connectivity index (χ1n) is 22.8. The van der Waals surface area contributed by atoms with Crippen LogP contribution in [0, 0.1) is 5.92 Å². The number of carboxylic acid groups (broad SMARTS) is 5. The van der Waals surface area contributed by atoms with Gasteiger partial charge in [-0.25, -0.2) is 0 Å². The van der Waals surface area contributed by atoms with Crippen molar-refractivity contribution in [3.8, 4) is 0 Å². The number of fused-ring (bicyclic) bond motifs is 1. The molecule has 0 fully saturated rings. The first-order valence-corrected chi connectivity index (χ1v) is 15.3. The zero-order valence-electron chi connectivity index (χ0n) is 44.9. The molecule has 2 rings (SSSR count). The largest absolute Gasteiger partial charge is 0.480 e. The molecule has 55 heavy (non-hydrogen) atoms. The van der Waals surface area contributed by atoms with Gasteiger partial charge in [0, 0.05) is 34.1 Å². The van der Waals surface area contributed by atoms with Crippen molar-refractivity contribution in [3.63, 3.8) is 0 Å². The van der Waals surface area contributed by atoms with Crippen LogP contribution in [0.2, 0.25) is 0 Å². The van der Waals surface area contributed by atoms with Crippen molar-refractivity contribution in [2.24, 2.45) is 56.8 Å². The van der Waals surface area contributed by atoms with Crippen LogP contribution < -0.4 is 45.9 Å². The highest BCUT2D eigenvalue weighted by molar-refractivity contribution is 5.84. The molecule has 8 atom stereocenters. The number of benzene rings is 1. The maximum atomic E-state index is 10.9. The molecule has 22 nitrogen and oxygen atoms in total. The second-order valence-corrected chi connectivity index (χ2v) is 10.6. The van der Waals surface area contributed by atoms with Crippen molar-refractivity contribution in [1.29, 1.82) is 0 Å². The van der Waals surface area contributed by atoms with E-state index in [0.29, 0.717) is 5.39 Å². The maximum absolute atomic E-state index is 10.9. The third kappa shape index (κ3) is 30.1. The summed E-state index contributed by atoms with van der Waals surface area (Å²) in [6, 6.07) is -8.56. The normalized spacial score (nSPS) is 23.1. The van der Waals surface area contributed by atoms with Crippen LogP contribution in [0.15, 0.2) is 35.4 Å². The molecule has 0 radical (unpaired) electrons. The van der Waals surface area contributed by atoms with Gasteiger partial charge in [-0.2, -0.15) is 0 Å². The number of para-hydroxylation sites is 1. The lowest BCUT2D eigenvalue weighted by Crippen LogP contribution is -2.39. The smallest absolute Gasteiger partial charge is 0.323 e. The number of nitrogens with one attached hydrogen (secondary N) is 1. The second kappa shape index (κ2) is 30.4. The van der Waals surface area contributed by atoms with Crippen molar-refractivity contribution < 1.29 is 80.3 Å². The highest BCUT2D eigenvalue weighted by atomic mass is 16.4. The molecule has 0 saturated carbocycles. The third-order valence-corrected chi connectivity index (χ3v) is 5.67. The summed E-state index contributed by atoms with van der Waals surface area (Å²) in [5.41, 5.74) is 40.8. The molecule has 1 aromatic carbocycles. The van der Waals surface area contributed by atoms with E-state index < -0.39 is 110 Å². The topological polar surface area (TPSA) is 463 Å². The molecular weight excluding hydrogens is 740 g/mol. The summed E-state index contributed by atoms with van der Waals surface area (Å²) in [5.74, 6) is -9.02. The number of H-pyrrole nitrogens is 1. The predicted octanol–water partition coefficient (Wildman–Crippen LogP) is -2.36. The number of carboxylic acids is 5. The average Bonchev–Trinajstić information content (AvgIpc) is 3.45. The van der Waals surface area contributed by atoms with Crippen LogP contribution in [0.3, 0.4) is 0 Å². The Bertz CT molecular complexity index is 2130. The first kappa shape index (κ1) is 31.3. The lowest BCUT2D eigenvalue weighted by atomic mass is 10.2. The fourth-order valence-electron chi connectivity index (χ4n) is 2.93. The number of aromatic amines is 1. The van der Waals surface area contributed by atoms with Gasteiger partial charge in [-0.05, 0) is 63.0 Å².